The summed E-state index contributed by atoms with van der Waals surface area (Å²) in [5.74, 6) is -0.560. The third-order valence-corrected chi connectivity index (χ3v) is 3.91. The van der Waals surface area contributed by atoms with Gasteiger partial charge in [0.1, 0.15) is 0 Å². The molecule has 127 valence electrons. The van der Waals surface area contributed by atoms with E-state index in [1.54, 1.807) is 30.3 Å². The second-order valence-corrected chi connectivity index (χ2v) is 6.32. The number of hydrogen-bond donors (Lipinski definition) is 3. The number of hydrogen-bond acceptors (Lipinski definition) is 6. The van der Waals surface area contributed by atoms with Crippen molar-refractivity contribution in [3.8, 4) is 0 Å². The van der Waals surface area contributed by atoms with Gasteiger partial charge in [0.25, 0.3) is 0 Å². The van der Waals surface area contributed by atoms with Crippen molar-refractivity contribution in [3.63, 3.8) is 0 Å². The monoisotopic (exact) mass is 369 g/mol. The minimum absolute atomic E-state index is 0.0554. The Morgan fingerprint density at radius 1 is 1.25 bits per heavy atom. The number of nitrogens with one attached hydrogen (secondary N) is 2. The maximum absolute atomic E-state index is 11.4. The Kier molecular flexibility index (Phi) is 6.21. The maximum Gasteiger partial charge on any atom is 0.333 e. The zero-order chi connectivity index (χ0) is 17.6. The van der Waals surface area contributed by atoms with E-state index in [2.05, 4.69) is 15.3 Å². The van der Waals surface area contributed by atoms with Crippen LogP contribution in [0.2, 0.25) is 5.02 Å². The van der Waals surface area contributed by atoms with E-state index in [1.165, 1.54) is 6.20 Å². The molecule has 0 fully saturated rings. The van der Waals surface area contributed by atoms with Gasteiger partial charge in [-0.2, -0.15) is 13.1 Å². The second kappa shape index (κ2) is 8.15. The molecule has 0 saturated heterocycles. The fourth-order valence-corrected chi connectivity index (χ4v) is 2.57. The summed E-state index contributed by atoms with van der Waals surface area (Å²) in [6.07, 6.45) is 3.37. The van der Waals surface area contributed by atoms with Gasteiger partial charge in [-0.3, -0.25) is 9.35 Å². The topological polar surface area (TPSA) is 121 Å². The SMILES string of the molecule is O=[C]C(c1ccnc(NCCNS(=O)(=O)O)n1)c1ccccc1Cl. The predicted molar refractivity (Wildman–Crippen MR) is 89.1 cm³/mol. The minimum atomic E-state index is -4.24. The Bertz CT molecular complexity index is 816. The lowest BCUT2D eigenvalue weighted by atomic mass is 9.97. The van der Waals surface area contributed by atoms with E-state index in [0.29, 0.717) is 16.3 Å². The molecule has 0 aliphatic rings. The van der Waals surface area contributed by atoms with Gasteiger partial charge in [0.15, 0.2) is 0 Å². The first-order chi connectivity index (χ1) is 11.4. The molecule has 8 nitrogen and oxygen atoms in total. The van der Waals surface area contributed by atoms with E-state index >= 15 is 0 Å². The maximum atomic E-state index is 11.4. The smallest absolute Gasteiger partial charge is 0.333 e. The zero-order valence-electron chi connectivity index (χ0n) is 12.3. The normalized spacial score (nSPS) is 12.6. The molecule has 1 aromatic carbocycles. The second-order valence-electron chi connectivity index (χ2n) is 4.67. The van der Waals surface area contributed by atoms with Crippen LogP contribution < -0.4 is 10.0 Å². The van der Waals surface area contributed by atoms with Crippen LogP contribution in [0.15, 0.2) is 36.5 Å². The first-order valence-electron chi connectivity index (χ1n) is 6.81. The summed E-state index contributed by atoms with van der Waals surface area (Å²) in [6, 6.07) is 8.46. The first kappa shape index (κ1) is 18.3. The summed E-state index contributed by atoms with van der Waals surface area (Å²) >= 11 is 6.11. The molecule has 24 heavy (non-hydrogen) atoms. The minimum Gasteiger partial charge on any atom is -0.353 e. The number of rotatable bonds is 8. The van der Waals surface area contributed by atoms with Gasteiger partial charge in [-0.15, -0.1) is 0 Å². The van der Waals surface area contributed by atoms with Crippen molar-refractivity contribution >= 4 is 34.1 Å². The molecular weight excluding hydrogens is 356 g/mol. The number of aromatic nitrogens is 2. The van der Waals surface area contributed by atoms with Crippen LogP contribution in [0.5, 0.6) is 0 Å². The van der Waals surface area contributed by atoms with Crippen LogP contribution in [0.4, 0.5) is 5.95 Å². The van der Waals surface area contributed by atoms with Crippen LogP contribution in [0, 0.1) is 0 Å². The molecule has 2 rings (SSSR count). The molecule has 1 radical (unpaired) electrons. The molecule has 1 aromatic heterocycles. The fourth-order valence-electron chi connectivity index (χ4n) is 1.97. The first-order valence-corrected chi connectivity index (χ1v) is 8.63. The quantitative estimate of drug-likeness (QED) is 0.471. The number of halogens is 1. The highest BCUT2D eigenvalue weighted by atomic mass is 35.5. The van der Waals surface area contributed by atoms with Gasteiger partial charge in [0.2, 0.25) is 12.2 Å². The van der Waals surface area contributed by atoms with Crippen molar-refractivity contribution < 1.29 is 17.8 Å². The molecule has 1 unspecified atom stereocenters. The highest BCUT2D eigenvalue weighted by Crippen LogP contribution is 2.27. The molecular formula is C14H14ClN4O4S. The Morgan fingerprint density at radius 2 is 2.00 bits per heavy atom. The van der Waals surface area contributed by atoms with E-state index in [-0.39, 0.29) is 19.0 Å². The summed E-state index contributed by atoms with van der Waals surface area (Å²) in [6.45, 7) is 0.0883. The Morgan fingerprint density at radius 3 is 2.67 bits per heavy atom. The lowest BCUT2D eigenvalue weighted by Gasteiger charge is -2.12. The lowest BCUT2D eigenvalue weighted by molar-refractivity contribution is 0.469. The molecule has 0 saturated carbocycles. The van der Waals surface area contributed by atoms with E-state index in [0.717, 1.165) is 0 Å². The highest BCUT2D eigenvalue weighted by molar-refractivity contribution is 7.83. The molecule has 1 atom stereocenters. The average molecular weight is 370 g/mol. The molecule has 0 aliphatic heterocycles. The van der Waals surface area contributed by atoms with Gasteiger partial charge in [-0.05, 0) is 17.7 Å². The molecule has 2 aromatic rings. The molecule has 0 spiro atoms. The van der Waals surface area contributed by atoms with Crippen LogP contribution in [0.3, 0.4) is 0 Å². The predicted octanol–water partition coefficient (Wildman–Crippen LogP) is 1.18. The van der Waals surface area contributed by atoms with Gasteiger partial charge < -0.3 is 5.32 Å². The van der Waals surface area contributed by atoms with E-state index < -0.39 is 16.2 Å². The van der Waals surface area contributed by atoms with Crippen molar-refractivity contribution in [1.82, 2.24) is 14.7 Å². The van der Waals surface area contributed by atoms with Crippen LogP contribution in [0.1, 0.15) is 17.2 Å². The van der Waals surface area contributed by atoms with Gasteiger partial charge in [0, 0.05) is 24.3 Å². The number of benzene rings is 1. The van der Waals surface area contributed by atoms with E-state index in [9.17, 15) is 13.2 Å². The van der Waals surface area contributed by atoms with Gasteiger partial charge in [-0.1, -0.05) is 29.8 Å². The molecule has 1 heterocycles. The molecule has 10 heteroatoms. The van der Waals surface area contributed by atoms with E-state index in [1.807, 2.05) is 11.0 Å². The van der Waals surface area contributed by atoms with Crippen molar-refractivity contribution in [1.29, 1.82) is 0 Å². The Labute approximate surface area is 144 Å². The van der Waals surface area contributed by atoms with Gasteiger partial charge >= 0.3 is 10.3 Å². The summed E-state index contributed by atoms with van der Waals surface area (Å²) in [4.78, 5) is 19.6. The highest BCUT2D eigenvalue weighted by Gasteiger charge is 2.19. The summed E-state index contributed by atoms with van der Waals surface area (Å²) in [7, 11) is -4.24. The van der Waals surface area contributed by atoms with Crippen molar-refractivity contribution in [2.45, 2.75) is 5.92 Å². The van der Waals surface area contributed by atoms with Crippen LogP contribution >= 0.6 is 11.6 Å². The lowest BCUT2D eigenvalue weighted by Crippen LogP contribution is -2.28. The van der Waals surface area contributed by atoms with Crippen molar-refractivity contribution in [2.75, 3.05) is 18.4 Å². The molecule has 0 aliphatic carbocycles. The molecule has 0 amide bonds. The third-order valence-electron chi connectivity index (χ3n) is 3.00. The summed E-state index contributed by atoms with van der Waals surface area (Å²) < 4.78 is 31.6. The zero-order valence-corrected chi connectivity index (χ0v) is 13.9. The molecule has 3 N–H and O–H groups in total. The van der Waals surface area contributed by atoms with E-state index in [4.69, 9.17) is 16.2 Å². The van der Waals surface area contributed by atoms with Gasteiger partial charge in [0.05, 0.1) is 11.6 Å². The Balaban J connectivity index is 2.11. The summed E-state index contributed by atoms with van der Waals surface area (Å²) in [5.41, 5.74) is 0.977. The largest absolute Gasteiger partial charge is 0.353 e. The van der Waals surface area contributed by atoms with Crippen molar-refractivity contribution in [3.05, 3.63) is 52.8 Å². The fraction of sp³-hybridized carbons (Fsp3) is 0.214. The summed E-state index contributed by atoms with van der Waals surface area (Å²) in [5, 5.41) is 3.21. The average Bonchev–Trinajstić information content (AvgIpc) is 2.54. The van der Waals surface area contributed by atoms with Crippen LogP contribution in [0.25, 0.3) is 0 Å². The number of carbonyl (C=O) groups excluding carboxylic acids is 1. The van der Waals surface area contributed by atoms with Crippen LogP contribution in [-0.4, -0.2) is 42.3 Å². The number of anilines is 1. The standard InChI is InChI=1S/C14H14ClN4O4S/c15-12-4-2-1-3-10(12)11(9-20)13-5-6-16-14(19-13)17-7-8-18-24(21,22)23/h1-6,11,18H,7-8H2,(H,16,17,19)(H,21,22,23). The van der Waals surface area contributed by atoms with Crippen molar-refractivity contribution in [2.24, 2.45) is 0 Å². The van der Waals surface area contributed by atoms with Gasteiger partial charge in [-0.25, -0.2) is 9.97 Å². The third kappa shape index (κ3) is 5.24. The molecule has 0 bridgehead atoms. The number of nitrogens with zero attached hydrogens (tertiary/aromatic N) is 2. The van der Waals surface area contributed by atoms with Crippen LogP contribution in [-0.2, 0) is 15.1 Å². The Hall–Kier alpha value is -2.07.